The van der Waals surface area contributed by atoms with Crippen LogP contribution in [0.4, 0.5) is 5.69 Å². The molecule has 0 aliphatic carbocycles. The molecule has 2 rings (SSSR count). The lowest BCUT2D eigenvalue weighted by Crippen LogP contribution is -2.21. The Morgan fingerprint density at radius 2 is 1.50 bits per heavy atom. The van der Waals surface area contributed by atoms with Gasteiger partial charge in [0.25, 0.3) is 5.91 Å². The monoisotopic (exact) mass is 421 g/mol. The molecule has 0 radical (unpaired) electrons. The first-order chi connectivity index (χ1) is 12.3. The van der Waals surface area contributed by atoms with E-state index in [2.05, 4.69) is 21.2 Å². The number of carbonyl (C=O) groups excluding carboxylic acids is 2. The van der Waals surface area contributed by atoms with Crippen molar-refractivity contribution < 1.29 is 23.8 Å². The number of benzene rings is 2. The lowest BCUT2D eigenvalue weighted by Gasteiger charge is -2.11. The summed E-state index contributed by atoms with van der Waals surface area (Å²) in [5.74, 6) is -0.212. The van der Waals surface area contributed by atoms with E-state index >= 15 is 0 Å². The van der Waals surface area contributed by atoms with Gasteiger partial charge in [-0.25, -0.2) is 4.79 Å². The summed E-state index contributed by atoms with van der Waals surface area (Å²) in [5.41, 5.74) is 2.95. The van der Waals surface area contributed by atoms with E-state index < -0.39 is 18.5 Å². The third-order valence-corrected chi connectivity index (χ3v) is 4.30. The Kier molecular flexibility index (Phi) is 6.63. The standard InChI is InChI=1S/C19H20BrNO5/c1-11-5-12(2)7-14(6-11)21-17(22)10-26-19(23)13-8-15(24-3)18(20)16(9-13)25-4/h5-9H,10H2,1-4H3,(H,21,22). The third kappa shape index (κ3) is 4.98. The highest BCUT2D eigenvalue weighted by atomic mass is 79.9. The van der Waals surface area contributed by atoms with Crippen LogP contribution >= 0.6 is 15.9 Å². The number of ether oxygens (including phenoxy) is 3. The van der Waals surface area contributed by atoms with Crippen LogP contribution in [0.25, 0.3) is 0 Å². The van der Waals surface area contributed by atoms with Crippen LogP contribution in [0.2, 0.25) is 0 Å². The second kappa shape index (κ2) is 8.71. The Morgan fingerprint density at radius 1 is 0.962 bits per heavy atom. The SMILES string of the molecule is COc1cc(C(=O)OCC(=O)Nc2cc(C)cc(C)c2)cc(OC)c1Br. The highest BCUT2D eigenvalue weighted by Crippen LogP contribution is 2.35. The molecule has 0 spiro atoms. The molecule has 1 N–H and O–H groups in total. The molecule has 6 nitrogen and oxygen atoms in total. The summed E-state index contributed by atoms with van der Waals surface area (Å²) >= 11 is 3.33. The Morgan fingerprint density at radius 3 is 2.00 bits per heavy atom. The molecule has 0 aromatic heterocycles. The number of hydrogen-bond acceptors (Lipinski definition) is 5. The Labute approximate surface area is 160 Å². The maximum atomic E-state index is 12.2. The van der Waals surface area contributed by atoms with Crippen molar-refractivity contribution in [2.75, 3.05) is 26.1 Å². The summed E-state index contributed by atoms with van der Waals surface area (Å²) in [7, 11) is 2.96. The zero-order chi connectivity index (χ0) is 19.3. The fourth-order valence-corrected chi connectivity index (χ4v) is 3.00. The maximum Gasteiger partial charge on any atom is 0.338 e. The van der Waals surface area contributed by atoms with Crippen LogP contribution in [0.3, 0.4) is 0 Å². The molecular weight excluding hydrogens is 402 g/mol. The summed E-state index contributed by atoms with van der Waals surface area (Å²) in [6.07, 6.45) is 0. The summed E-state index contributed by atoms with van der Waals surface area (Å²) in [5, 5.41) is 2.71. The van der Waals surface area contributed by atoms with Gasteiger partial charge in [0.15, 0.2) is 6.61 Å². The van der Waals surface area contributed by atoms with Crippen LogP contribution in [0.1, 0.15) is 21.5 Å². The molecule has 0 unspecified atom stereocenters. The molecule has 0 aliphatic heterocycles. The second-order valence-electron chi connectivity index (χ2n) is 5.70. The number of carbonyl (C=O) groups is 2. The first kappa shape index (κ1) is 19.8. The average Bonchev–Trinajstić information content (AvgIpc) is 2.59. The van der Waals surface area contributed by atoms with Crippen molar-refractivity contribution in [2.45, 2.75) is 13.8 Å². The van der Waals surface area contributed by atoms with Gasteiger partial charge in [0.05, 0.1) is 19.8 Å². The van der Waals surface area contributed by atoms with E-state index in [1.54, 1.807) is 0 Å². The van der Waals surface area contributed by atoms with Gasteiger partial charge < -0.3 is 19.5 Å². The topological polar surface area (TPSA) is 73.9 Å². The van der Waals surface area contributed by atoms with E-state index in [1.807, 2.05) is 32.0 Å². The van der Waals surface area contributed by atoms with Gasteiger partial charge in [0, 0.05) is 5.69 Å². The summed E-state index contributed by atoms with van der Waals surface area (Å²) in [6.45, 7) is 3.49. The molecular formula is C19H20BrNO5. The van der Waals surface area contributed by atoms with E-state index in [9.17, 15) is 9.59 Å². The zero-order valence-electron chi connectivity index (χ0n) is 15.0. The largest absolute Gasteiger partial charge is 0.495 e. The molecule has 0 atom stereocenters. The van der Waals surface area contributed by atoms with E-state index in [0.29, 0.717) is 21.7 Å². The normalized spacial score (nSPS) is 10.2. The van der Waals surface area contributed by atoms with Gasteiger partial charge in [-0.05, 0) is 65.2 Å². The minimum absolute atomic E-state index is 0.223. The second-order valence-corrected chi connectivity index (χ2v) is 6.49. The average molecular weight is 422 g/mol. The minimum atomic E-state index is -0.648. The highest BCUT2D eigenvalue weighted by Gasteiger charge is 2.17. The van der Waals surface area contributed by atoms with Crippen molar-refractivity contribution in [3.05, 3.63) is 51.5 Å². The van der Waals surface area contributed by atoms with Crippen molar-refractivity contribution >= 4 is 33.5 Å². The van der Waals surface area contributed by atoms with Gasteiger partial charge in [-0.2, -0.15) is 0 Å². The number of halogens is 1. The minimum Gasteiger partial charge on any atom is -0.495 e. The number of nitrogens with one attached hydrogen (secondary N) is 1. The van der Waals surface area contributed by atoms with E-state index in [0.717, 1.165) is 11.1 Å². The summed E-state index contributed by atoms with van der Waals surface area (Å²) in [6, 6.07) is 8.71. The predicted molar refractivity (Wildman–Crippen MR) is 102 cm³/mol. The van der Waals surface area contributed by atoms with Crippen molar-refractivity contribution in [3.8, 4) is 11.5 Å². The van der Waals surface area contributed by atoms with Gasteiger partial charge in [-0.1, -0.05) is 6.07 Å². The Bertz CT molecular complexity index is 789. The Balaban J connectivity index is 2.03. The molecule has 138 valence electrons. The fraction of sp³-hybridized carbons (Fsp3) is 0.263. The molecule has 0 saturated carbocycles. The third-order valence-electron chi connectivity index (χ3n) is 3.52. The van der Waals surface area contributed by atoms with Crippen LogP contribution in [0, 0.1) is 13.8 Å². The van der Waals surface area contributed by atoms with E-state index in [1.165, 1.54) is 26.4 Å². The van der Waals surface area contributed by atoms with Gasteiger partial charge >= 0.3 is 5.97 Å². The quantitative estimate of drug-likeness (QED) is 0.716. The number of methoxy groups -OCH3 is 2. The fourth-order valence-electron chi connectivity index (χ4n) is 2.45. The molecule has 0 bridgehead atoms. The van der Waals surface area contributed by atoms with Crippen LogP contribution in [-0.2, 0) is 9.53 Å². The highest BCUT2D eigenvalue weighted by molar-refractivity contribution is 9.10. The van der Waals surface area contributed by atoms with E-state index in [4.69, 9.17) is 14.2 Å². The molecule has 2 aromatic rings. The zero-order valence-corrected chi connectivity index (χ0v) is 16.6. The first-order valence-electron chi connectivity index (χ1n) is 7.81. The first-order valence-corrected chi connectivity index (χ1v) is 8.60. The van der Waals surface area contributed by atoms with Crippen molar-refractivity contribution in [3.63, 3.8) is 0 Å². The van der Waals surface area contributed by atoms with Gasteiger partial charge in [-0.3, -0.25) is 4.79 Å². The molecule has 1 amide bonds. The van der Waals surface area contributed by atoms with E-state index in [-0.39, 0.29) is 5.56 Å². The number of esters is 1. The lowest BCUT2D eigenvalue weighted by atomic mass is 10.1. The smallest absolute Gasteiger partial charge is 0.338 e. The molecule has 26 heavy (non-hydrogen) atoms. The molecule has 0 fully saturated rings. The van der Waals surface area contributed by atoms with Gasteiger partial charge in [0.2, 0.25) is 0 Å². The van der Waals surface area contributed by atoms with Crippen molar-refractivity contribution in [2.24, 2.45) is 0 Å². The van der Waals surface area contributed by atoms with Crippen LogP contribution in [0.5, 0.6) is 11.5 Å². The molecule has 7 heteroatoms. The van der Waals surface area contributed by atoms with Crippen molar-refractivity contribution in [1.82, 2.24) is 0 Å². The molecule has 2 aromatic carbocycles. The van der Waals surface area contributed by atoms with Crippen LogP contribution in [0.15, 0.2) is 34.8 Å². The molecule has 0 heterocycles. The number of amides is 1. The lowest BCUT2D eigenvalue weighted by molar-refractivity contribution is -0.119. The number of rotatable bonds is 6. The van der Waals surface area contributed by atoms with Crippen LogP contribution < -0.4 is 14.8 Å². The number of anilines is 1. The summed E-state index contributed by atoms with van der Waals surface area (Å²) < 4.78 is 16.1. The number of aryl methyl sites for hydroxylation is 2. The predicted octanol–water partition coefficient (Wildman–Crippen LogP) is 3.88. The van der Waals surface area contributed by atoms with Gasteiger partial charge in [0.1, 0.15) is 16.0 Å². The van der Waals surface area contributed by atoms with Crippen LogP contribution in [-0.4, -0.2) is 32.7 Å². The summed E-state index contributed by atoms with van der Waals surface area (Å²) in [4.78, 5) is 24.3. The molecule has 0 saturated heterocycles. The van der Waals surface area contributed by atoms with Gasteiger partial charge in [-0.15, -0.1) is 0 Å². The maximum absolute atomic E-state index is 12.2. The number of hydrogen-bond donors (Lipinski definition) is 1. The Hall–Kier alpha value is -2.54. The van der Waals surface area contributed by atoms with Crippen molar-refractivity contribution in [1.29, 1.82) is 0 Å². The molecule has 0 aliphatic rings.